The van der Waals surface area contributed by atoms with Crippen LogP contribution in [0.1, 0.15) is 44.1 Å². The highest BCUT2D eigenvalue weighted by atomic mass is 32.2. The van der Waals surface area contributed by atoms with Crippen LogP contribution >= 0.6 is 11.3 Å². The second kappa shape index (κ2) is 5.75. The Morgan fingerprint density at radius 2 is 2.15 bits per heavy atom. The normalized spacial score (nSPS) is 19.6. The van der Waals surface area contributed by atoms with E-state index in [2.05, 4.69) is 5.32 Å². The molecule has 1 saturated heterocycles. The summed E-state index contributed by atoms with van der Waals surface area (Å²) in [5.41, 5.74) is 0.796. The fourth-order valence-corrected chi connectivity index (χ4v) is 6.19. The van der Waals surface area contributed by atoms with E-state index in [1.165, 1.54) is 11.3 Å². The minimum absolute atomic E-state index is 0.265. The van der Waals surface area contributed by atoms with E-state index in [1.807, 2.05) is 33.8 Å². The Morgan fingerprint density at radius 1 is 1.45 bits per heavy atom. The van der Waals surface area contributed by atoms with Crippen LogP contribution in [0.3, 0.4) is 0 Å². The molecule has 0 saturated carbocycles. The standard InChI is InChI=1S/C14H24N2O2S2/c1-5-15-10-12-11(2)9-13(19-12)20(17,18)16-8-6-7-14(16,3)4/h9,15H,5-8,10H2,1-4H3. The van der Waals surface area contributed by atoms with Crippen molar-refractivity contribution in [2.45, 2.75) is 56.8 Å². The molecule has 0 amide bonds. The summed E-state index contributed by atoms with van der Waals surface area (Å²) in [6.45, 7) is 10.3. The van der Waals surface area contributed by atoms with Gasteiger partial charge in [-0.2, -0.15) is 4.31 Å². The Morgan fingerprint density at radius 3 is 2.70 bits per heavy atom. The Bertz CT molecular complexity index is 576. The first kappa shape index (κ1) is 15.9. The maximum Gasteiger partial charge on any atom is 0.253 e. The molecule has 114 valence electrons. The quantitative estimate of drug-likeness (QED) is 0.908. The van der Waals surface area contributed by atoms with Crippen LogP contribution in [0, 0.1) is 6.92 Å². The summed E-state index contributed by atoms with van der Waals surface area (Å²) in [6, 6.07) is 1.82. The van der Waals surface area contributed by atoms with Crippen molar-refractivity contribution >= 4 is 21.4 Å². The Kier molecular flexibility index (Phi) is 4.59. The van der Waals surface area contributed by atoms with Gasteiger partial charge in [0.05, 0.1) is 0 Å². The largest absolute Gasteiger partial charge is 0.312 e. The number of thiophene rings is 1. The zero-order chi connectivity index (χ0) is 15.0. The van der Waals surface area contributed by atoms with Crippen LogP contribution < -0.4 is 5.32 Å². The van der Waals surface area contributed by atoms with E-state index in [0.29, 0.717) is 10.8 Å². The summed E-state index contributed by atoms with van der Waals surface area (Å²) in [5, 5.41) is 3.26. The highest BCUT2D eigenvalue weighted by Gasteiger charge is 2.41. The molecule has 1 fully saturated rings. The molecule has 0 bridgehead atoms. The van der Waals surface area contributed by atoms with Crippen LogP contribution in [-0.2, 0) is 16.6 Å². The molecule has 0 aliphatic carbocycles. The van der Waals surface area contributed by atoms with Gasteiger partial charge in [0.25, 0.3) is 10.0 Å². The second-order valence-corrected chi connectivity index (χ2v) is 9.17. The van der Waals surface area contributed by atoms with Crippen LogP contribution in [0.5, 0.6) is 0 Å². The monoisotopic (exact) mass is 316 g/mol. The van der Waals surface area contributed by atoms with Crippen molar-refractivity contribution in [1.29, 1.82) is 0 Å². The smallest absolute Gasteiger partial charge is 0.253 e. The summed E-state index contributed by atoms with van der Waals surface area (Å²) >= 11 is 1.40. The molecule has 2 heterocycles. The fraction of sp³-hybridized carbons (Fsp3) is 0.714. The van der Waals surface area contributed by atoms with Crippen LogP contribution in [0.2, 0.25) is 0 Å². The van der Waals surface area contributed by atoms with Gasteiger partial charge in [0.1, 0.15) is 4.21 Å². The summed E-state index contributed by atoms with van der Waals surface area (Å²) in [5.74, 6) is 0. The molecular formula is C14H24N2O2S2. The van der Waals surface area contributed by atoms with E-state index in [0.717, 1.165) is 36.4 Å². The first-order chi connectivity index (χ1) is 9.29. The van der Waals surface area contributed by atoms with Crippen LogP contribution in [0.15, 0.2) is 10.3 Å². The molecule has 0 radical (unpaired) electrons. The molecule has 1 aliphatic rings. The zero-order valence-electron chi connectivity index (χ0n) is 12.7. The maximum absolute atomic E-state index is 12.8. The summed E-state index contributed by atoms with van der Waals surface area (Å²) < 4.78 is 27.8. The number of rotatable bonds is 5. The van der Waals surface area contributed by atoms with E-state index in [4.69, 9.17) is 0 Å². The molecule has 0 spiro atoms. The Hall–Kier alpha value is -0.430. The molecule has 1 aromatic rings. The van der Waals surface area contributed by atoms with Gasteiger partial charge in [0, 0.05) is 23.5 Å². The van der Waals surface area contributed by atoms with E-state index in [9.17, 15) is 8.42 Å². The van der Waals surface area contributed by atoms with E-state index in [1.54, 1.807) is 4.31 Å². The molecule has 1 aromatic heterocycles. The summed E-state index contributed by atoms with van der Waals surface area (Å²) in [7, 11) is -3.35. The minimum atomic E-state index is -3.35. The van der Waals surface area contributed by atoms with Crippen LogP contribution in [0.25, 0.3) is 0 Å². The molecule has 0 atom stereocenters. The topological polar surface area (TPSA) is 49.4 Å². The van der Waals surface area contributed by atoms with Crippen molar-refractivity contribution in [2.24, 2.45) is 0 Å². The van der Waals surface area contributed by atoms with Gasteiger partial charge in [-0.25, -0.2) is 8.42 Å². The number of sulfonamides is 1. The average Bonchev–Trinajstić information content (AvgIpc) is 2.90. The maximum atomic E-state index is 12.8. The predicted octanol–water partition coefficient (Wildman–Crippen LogP) is 2.73. The van der Waals surface area contributed by atoms with Gasteiger partial charge in [0.15, 0.2) is 0 Å². The Labute approximate surface area is 126 Å². The lowest BCUT2D eigenvalue weighted by atomic mass is 10.0. The lowest BCUT2D eigenvalue weighted by Gasteiger charge is -2.29. The summed E-state index contributed by atoms with van der Waals surface area (Å²) in [4.78, 5) is 1.11. The van der Waals surface area contributed by atoms with E-state index < -0.39 is 10.0 Å². The number of aryl methyl sites for hydroxylation is 1. The van der Waals surface area contributed by atoms with Crippen molar-refractivity contribution in [2.75, 3.05) is 13.1 Å². The molecule has 0 aromatic carbocycles. The van der Waals surface area contributed by atoms with Crippen molar-refractivity contribution in [3.63, 3.8) is 0 Å². The third kappa shape index (κ3) is 2.93. The van der Waals surface area contributed by atoms with Crippen LogP contribution in [-0.4, -0.2) is 31.4 Å². The predicted molar refractivity (Wildman–Crippen MR) is 83.6 cm³/mol. The van der Waals surface area contributed by atoms with Gasteiger partial charge in [-0.05, 0) is 51.8 Å². The van der Waals surface area contributed by atoms with E-state index in [-0.39, 0.29) is 5.54 Å². The number of hydrogen-bond acceptors (Lipinski definition) is 4. The third-order valence-electron chi connectivity index (χ3n) is 3.90. The van der Waals surface area contributed by atoms with Gasteiger partial charge in [-0.1, -0.05) is 6.92 Å². The molecule has 20 heavy (non-hydrogen) atoms. The van der Waals surface area contributed by atoms with Gasteiger partial charge in [-0.15, -0.1) is 11.3 Å². The van der Waals surface area contributed by atoms with Gasteiger partial charge in [0.2, 0.25) is 0 Å². The number of nitrogens with one attached hydrogen (secondary N) is 1. The second-order valence-electron chi connectivity index (χ2n) is 5.95. The fourth-order valence-electron chi connectivity index (χ4n) is 2.67. The van der Waals surface area contributed by atoms with Crippen molar-refractivity contribution < 1.29 is 8.42 Å². The SMILES string of the molecule is CCNCc1sc(S(=O)(=O)N2CCCC2(C)C)cc1C. The molecule has 4 nitrogen and oxygen atoms in total. The van der Waals surface area contributed by atoms with Gasteiger partial charge < -0.3 is 5.32 Å². The highest BCUT2D eigenvalue weighted by molar-refractivity contribution is 7.91. The zero-order valence-corrected chi connectivity index (χ0v) is 14.3. The van der Waals surface area contributed by atoms with E-state index >= 15 is 0 Å². The number of hydrogen-bond donors (Lipinski definition) is 1. The molecule has 1 N–H and O–H groups in total. The van der Waals surface area contributed by atoms with Crippen molar-refractivity contribution in [3.05, 3.63) is 16.5 Å². The van der Waals surface area contributed by atoms with Crippen molar-refractivity contribution in [1.82, 2.24) is 9.62 Å². The average molecular weight is 316 g/mol. The lowest BCUT2D eigenvalue weighted by molar-refractivity contribution is 0.292. The van der Waals surface area contributed by atoms with Gasteiger partial charge >= 0.3 is 0 Å². The van der Waals surface area contributed by atoms with Gasteiger partial charge in [-0.3, -0.25) is 0 Å². The number of nitrogens with zero attached hydrogens (tertiary/aromatic N) is 1. The molecule has 6 heteroatoms. The third-order valence-corrected chi connectivity index (χ3v) is 7.70. The lowest BCUT2D eigenvalue weighted by Crippen LogP contribution is -2.42. The highest BCUT2D eigenvalue weighted by Crippen LogP contribution is 2.37. The first-order valence-electron chi connectivity index (χ1n) is 7.12. The van der Waals surface area contributed by atoms with Crippen LogP contribution in [0.4, 0.5) is 0 Å². The van der Waals surface area contributed by atoms with Crippen molar-refractivity contribution in [3.8, 4) is 0 Å². The summed E-state index contributed by atoms with van der Waals surface area (Å²) in [6.07, 6.45) is 1.88. The first-order valence-corrected chi connectivity index (χ1v) is 9.37. The minimum Gasteiger partial charge on any atom is -0.312 e. The molecule has 1 aliphatic heterocycles. The molecule has 2 rings (SSSR count). The Balaban J connectivity index is 2.31. The molecule has 0 unspecified atom stereocenters. The molecular weight excluding hydrogens is 292 g/mol.